The van der Waals surface area contributed by atoms with Gasteiger partial charge in [0.1, 0.15) is 0 Å². The van der Waals surface area contributed by atoms with Crippen LogP contribution < -0.4 is 5.73 Å². The Bertz CT molecular complexity index is 301. The summed E-state index contributed by atoms with van der Waals surface area (Å²) in [4.78, 5) is 5.05. The van der Waals surface area contributed by atoms with Crippen molar-refractivity contribution < 1.29 is 9.47 Å². The van der Waals surface area contributed by atoms with E-state index in [9.17, 15) is 0 Å². The first-order valence-corrected chi connectivity index (χ1v) is 8.43. The Labute approximate surface area is 129 Å². The molecule has 0 aromatic carbocycles. The monoisotopic (exact) mass is 299 g/mol. The summed E-state index contributed by atoms with van der Waals surface area (Å²) in [5.41, 5.74) is 5.96. The Hall–Kier alpha value is -0.200. The second-order valence-corrected chi connectivity index (χ2v) is 6.91. The van der Waals surface area contributed by atoms with Crippen molar-refractivity contribution in [3.63, 3.8) is 0 Å². The molecule has 2 saturated heterocycles. The van der Waals surface area contributed by atoms with Crippen LogP contribution in [0.3, 0.4) is 0 Å². The first-order valence-electron chi connectivity index (χ1n) is 8.43. The van der Waals surface area contributed by atoms with Crippen molar-refractivity contribution >= 4 is 0 Å². The Balaban J connectivity index is 1.82. The molecule has 0 radical (unpaired) electrons. The van der Waals surface area contributed by atoms with Crippen LogP contribution in [0, 0.1) is 5.92 Å². The van der Waals surface area contributed by atoms with Crippen LogP contribution in [-0.4, -0.2) is 81.0 Å². The number of piperidine rings is 1. The van der Waals surface area contributed by atoms with E-state index < -0.39 is 0 Å². The van der Waals surface area contributed by atoms with E-state index in [1.807, 2.05) is 7.11 Å². The average molecular weight is 299 g/mol. The predicted molar refractivity (Wildman–Crippen MR) is 85.5 cm³/mol. The van der Waals surface area contributed by atoms with E-state index in [1.54, 1.807) is 0 Å². The Morgan fingerprint density at radius 1 is 1.33 bits per heavy atom. The topological polar surface area (TPSA) is 51.0 Å². The summed E-state index contributed by atoms with van der Waals surface area (Å²) < 4.78 is 11.5. The number of morpholine rings is 1. The molecule has 5 nitrogen and oxygen atoms in total. The van der Waals surface area contributed by atoms with Crippen molar-refractivity contribution in [3.8, 4) is 0 Å². The molecule has 3 unspecified atom stereocenters. The fourth-order valence-corrected chi connectivity index (χ4v) is 3.60. The van der Waals surface area contributed by atoms with Gasteiger partial charge in [-0.15, -0.1) is 0 Å². The lowest BCUT2D eigenvalue weighted by atomic mass is 9.98. The number of ether oxygens (including phenoxy) is 2. The van der Waals surface area contributed by atoms with Crippen LogP contribution in [0.2, 0.25) is 0 Å². The normalized spacial score (nSPS) is 32.7. The van der Waals surface area contributed by atoms with Crippen LogP contribution in [0.15, 0.2) is 0 Å². The Kier molecular flexibility index (Phi) is 6.89. The Morgan fingerprint density at radius 2 is 2.14 bits per heavy atom. The molecule has 2 rings (SSSR count). The van der Waals surface area contributed by atoms with E-state index in [-0.39, 0.29) is 0 Å². The van der Waals surface area contributed by atoms with Gasteiger partial charge in [0.2, 0.25) is 0 Å². The van der Waals surface area contributed by atoms with Gasteiger partial charge >= 0.3 is 0 Å². The predicted octanol–water partition coefficient (Wildman–Crippen LogP) is 0.781. The first-order chi connectivity index (χ1) is 10.1. The third-order valence-electron chi connectivity index (χ3n) is 4.68. The van der Waals surface area contributed by atoms with Crippen molar-refractivity contribution in [1.29, 1.82) is 0 Å². The van der Waals surface area contributed by atoms with Crippen LogP contribution in [0.5, 0.6) is 0 Å². The van der Waals surface area contributed by atoms with Crippen LogP contribution >= 0.6 is 0 Å². The van der Waals surface area contributed by atoms with Gasteiger partial charge in [-0.25, -0.2) is 0 Å². The van der Waals surface area contributed by atoms with Gasteiger partial charge < -0.3 is 15.2 Å². The van der Waals surface area contributed by atoms with Crippen molar-refractivity contribution in [2.24, 2.45) is 11.7 Å². The highest BCUT2D eigenvalue weighted by molar-refractivity contribution is 4.86. The van der Waals surface area contributed by atoms with Gasteiger partial charge in [0.25, 0.3) is 0 Å². The van der Waals surface area contributed by atoms with Crippen molar-refractivity contribution in [1.82, 2.24) is 9.80 Å². The molecule has 0 aliphatic carbocycles. The maximum Gasteiger partial charge on any atom is 0.0829 e. The second kappa shape index (κ2) is 8.44. The lowest BCUT2D eigenvalue weighted by Gasteiger charge is -2.42. The lowest BCUT2D eigenvalue weighted by molar-refractivity contribution is -0.0640. The van der Waals surface area contributed by atoms with Crippen LogP contribution in [0.25, 0.3) is 0 Å². The molecule has 0 saturated carbocycles. The molecule has 124 valence electrons. The number of methoxy groups -OCH3 is 1. The summed E-state index contributed by atoms with van der Waals surface area (Å²) in [5, 5.41) is 0. The van der Waals surface area contributed by atoms with Gasteiger partial charge in [-0.2, -0.15) is 0 Å². The number of nitrogens with zero attached hydrogens (tertiary/aromatic N) is 2. The van der Waals surface area contributed by atoms with Crippen molar-refractivity contribution in [3.05, 3.63) is 0 Å². The highest BCUT2D eigenvalue weighted by Crippen LogP contribution is 2.20. The molecule has 2 N–H and O–H groups in total. The third kappa shape index (κ3) is 5.18. The molecule has 0 spiro atoms. The molecule has 2 aliphatic rings. The van der Waals surface area contributed by atoms with Gasteiger partial charge in [0.15, 0.2) is 0 Å². The fourth-order valence-electron chi connectivity index (χ4n) is 3.60. The molecular weight excluding hydrogens is 266 g/mol. The molecule has 0 aromatic heterocycles. The number of nitrogens with two attached hydrogens (primary N) is 1. The van der Waals surface area contributed by atoms with E-state index in [4.69, 9.17) is 15.2 Å². The molecule has 0 bridgehead atoms. The molecule has 21 heavy (non-hydrogen) atoms. The number of hydrogen-bond acceptors (Lipinski definition) is 5. The highest BCUT2D eigenvalue weighted by Gasteiger charge is 2.31. The number of hydrogen-bond donors (Lipinski definition) is 1. The minimum absolute atomic E-state index is 0.325. The summed E-state index contributed by atoms with van der Waals surface area (Å²) in [5.74, 6) is 0.720. The standard InChI is InChI=1S/C16H33N3O2/c1-13(2)10-18-6-7-21-16(11-18)12-19-5-4-15(20-3)8-14(19)9-17/h13-16H,4-12,17H2,1-3H3. The van der Waals surface area contributed by atoms with Gasteiger partial charge in [-0.3, -0.25) is 9.80 Å². The smallest absolute Gasteiger partial charge is 0.0829 e. The highest BCUT2D eigenvalue weighted by atomic mass is 16.5. The summed E-state index contributed by atoms with van der Waals surface area (Å²) in [6.07, 6.45) is 2.86. The quantitative estimate of drug-likeness (QED) is 0.785. The van der Waals surface area contributed by atoms with Crippen molar-refractivity contribution in [2.45, 2.75) is 44.9 Å². The number of likely N-dealkylation sites (tertiary alicyclic amines) is 1. The second-order valence-electron chi connectivity index (χ2n) is 6.91. The molecular formula is C16H33N3O2. The fraction of sp³-hybridized carbons (Fsp3) is 1.00. The van der Waals surface area contributed by atoms with Gasteiger partial charge in [-0.1, -0.05) is 13.8 Å². The van der Waals surface area contributed by atoms with E-state index in [1.165, 1.54) is 6.54 Å². The van der Waals surface area contributed by atoms with Crippen molar-refractivity contribution in [2.75, 3.05) is 53.0 Å². The third-order valence-corrected chi connectivity index (χ3v) is 4.68. The molecule has 2 fully saturated rings. The zero-order chi connectivity index (χ0) is 15.2. The molecule has 2 heterocycles. The zero-order valence-corrected chi connectivity index (χ0v) is 14.0. The SMILES string of the molecule is COC1CCN(CC2CN(CC(C)C)CCO2)C(CN)C1. The van der Waals surface area contributed by atoms with Gasteiger partial charge in [0, 0.05) is 52.4 Å². The molecule has 0 amide bonds. The molecule has 0 aromatic rings. The van der Waals surface area contributed by atoms with Crippen LogP contribution in [-0.2, 0) is 9.47 Å². The van der Waals surface area contributed by atoms with Crippen LogP contribution in [0.1, 0.15) is 26.7 Å². The summed E-state index contributed by atoms with van der Waals surface area (Å²) >= 11 is 0. The number of rotatable bonds is 6. The average Bonchev–Trinajstić information content (AvgIpc) is 2.47. The first kappa shape index (κ1) is 17.2. The lowest BCUT2D eigenvalue weighted by Crippen LogP contribution is -2.54. The van der Waals surface area contributed by atoms with Crippen LogP contribution in [0.4, 0.5) is 0 Å². The van der Waals surface area contributed by atoms with E-state index in [2.05, 4.69) is 23.6 Å². The van der Waals surface area contributed by atoms with E-state index in [0.717, 1.165) is 51.5 Å². The minimum Gasteiger partial charge on any atom is -0.381 e. The zero-order valence-electron chi connectivity index (χ0n) is 14.0. The minimum atomic E-state index is 0.325. The van der Waals surface area contributed by atoms with Gasteiger partial charge in [0.05, 0.1) is 18.8 Å². The van der Waals surface area contributed by atoms with E-state index >= 15 is 0 Å². The molecule has 5 heteroatoms. The maximum absolute atomic E-state index is 5.98. The van der Waals surface area contributed by atoms with E-state index in [0.29, 0.717) is 24.8 Å². The molecule has 3 atom stereocenters. The van der Waals surface area contributed by atoms with Gasteiger partial charge in [-0.05, 0) is 18.8 Å². The summed E-state index contributed by atoms with van der Waals surface area (Å²) in [6.45, 7) is 11.5. The Morgan fingerprint density at radius 3 is 2.81 bits per heavy atom. The molecule has 2 aliphatic heterocycles. The summed E-state index contributed by atoms with van der Waals surface area (Å²) in [7, 11) is 1.81. The summed E-state index contributed by atoms with van der Waals surface area (Å²) in [6, 6.07) is 0.438. The maximum atomic E-state index is 5.98. The largest absolute Gasteiger partial charge is 0.381 e.